The van der Waals surface area contributed by atoms with E-state index in [-0.39, 0.29) is 29.7 Å². The van der Waals surface area contributed by atoms with Crippen LogP contribution in [0, 0.1) is 6.92 Å². The second-order valence-electron chi connectivity index (χ2n) is 5.91. The number of aliphatic imine (C=N–C) groups is 1. The lowest BCUT2D eigenvalue weighted by molar-refractivity contribution is 0.409. The molecule has 0 saturated heterocycles. The normalized spacial score (nSPS) is 10.7. The van der Waals surface area contributed by atoms with Crippen LogP contribution in [0.2, 0.25) is 0 Å². The maximum Gasteiger partial charge on any atom is 0.191 e. The molecule has 0 aliphatic rings. The molecule has 0 aliphatic heterocycles. The van der Waals surface area contributed by atoms with Gasteiger partial charge in [0.2, 0.25) is 0 Å². The summed E-state index contributed by atoms with van der Waals surface area (Å²) in [5.41, 5.74) is 3.10. The number of hydrogen-bond donors (Lipinski definition) is 3. The van der Waals surface area contributed by atoms with Crippen LogP contribution in [0.4, 0.5) is 0 Å². The molecule has 0 bridgehead atoms. The highest BCUT2D eigenvalue weighted by Gasteiger charge is 2.06. The highest BCUT2D eigenvalue weighted by molar-refractivity contribution is 14.0. The van der Waals surface area contributed by atoms with Crippen molar-refractivity contribution in [3.8, 4) is 17.2 Å². The molecule has 0 heterocycles. The van der Waals surface area contributed by atoms with E-state index in [0.29, 0.717) is 24.8 Å². The number of benzene rings is 2. The van der Waals surface area contributed by atoms with E-state index in [9.17, 15) is 5.11 Å². The van der Waals surface area contributed by atoms with Crippen LogP contribution in [0.3, 0.4) is 0 Å². The first kappa shape index (κ1) is 22.9. The van der Waals surface area contributed by atoms with Crippen molar-refractivity contribution in [2.45, 2.75) is 19.9 Å². The molecule has 7 heteroatoms. The number of halogens is 1. The quantitative estimate of drug-likeness (QED) is 0.319. The van der Waals surface area contributed by atoms with Crippen LogP contribution in [0.25, 0.3) is 0 Å². The van der Waals surface area contributed by atoms with Crippen molar-refractivity contribution in [2.24, 2.45) is 4.99 Å². The van der Waals surface area contributed by atoms with E-state index in [1.54, 1.807) is 39.5 Å². The van der Waals surface area contributed by atoms with Gasteiger partial charge in [0.05, 0.1) is 14.2 Å². The Morgan fingerprint density at radius 3 is 2.48 bits per heavy atom. The zero-order valence-corrected chi connectivity index (χ0v) is 18.5. The molecule has 0 unspecified atom stereocenters. The number of methoxy groups -OCH3 is 2. The first-order valence-electron chi connectivity index (χ1n) is 8.51. The molecule has 0 aliphatic carbocycles. The summed E-state index contributed by atoms with van der Waals surface area (Å²) in [5.74, 6) is 2.48. The number of phenolic OH excluding ortho intramolecular Hbond substituents is 1. The largest absolute Gasteiger partial charge is 0.508 e. The summed E-state index contributed by atoms with van der Waals surface area (Å²) in [6.45, 7) is 3.22. The number of hydrogen-bond acceptors (Lipinski definition) is 4. The molecule has 0 fully saturated rings. The minimum atomic E-state index is 0. The first-order valence-corrected chi connectivity index (χ1v) is 8.51. The van der Waals surface area contributed by atoms with E-state index in [2.05, 4.69) is 28.6 Å². The number of phenols is 1. The van der Waals surface area contributed by atoms with Crippen LogP contribution >= 0.6 is 24.0 Å². The van der Waals surface area contributed by atoms with Crippen molar-refractivity contribution in [1.82, 2.24) is 10.6 Å². The van der Waals surface area contributed by atoms with Crippen LogP contribution in [-0.4, -0.2) is 38.9 Å². The summed E-state index contributed by atoms with van der Waals surface area (Å²) >= 11 is 0. The van der Waals surface area contributed by atoms with Gasteiger partial charge in [0.1, 0.15) is 17.2 Å². The smallest absolute Gasteiger partial charge is 0.191 e. The highest BCUT2D eigenvalue weighted by atomic mass is 127. The zero-order chi connectivity index (χ0) is 18.9. The number of rotatable bonds is 7. The highest BCUT2D eigenvalue weighted by Crippen LogP contribution is 2.22. The summed E-state index contributed by atoms with van der Waals surface area (Å²) in [6.07, 6.45) is 0.815. The summed E-state index contributed by atoms with van der Waals surface area (Å²) in [4.78, 5) is 4.22. The van der Waals surface area contributed by atoms with Gasteiger partial charge in [0.15, 0.2) is 5.96 Å². The van der Waals surface area contributed by atoms with Crippen LogP contribution in [0.5, 0.6) is 17.2 Å². The molecular formula is C20H28IN3O3. The molecule has 148 valence electrons. The van der Waals surface area contributed by atoms with Crippen molar-refractivity contribution >= 4 is 29.9 Å². The van der Waals surface area contributed by atoms with Crippen molar-refractivity contribution in [1.29, 1.82) is 0 Å². The monoisotopic (exact) mass is 485 g/mol. The van der Waals surface area contributed by atoms with Gasteiger partial charge in [0.25, 0.3) is 0 Å². The lowest BCUT2D eigenvalue weighted by Gasteiger charge is -2.14. The van der Waals surface area contributed by atoms with Crippen LogP contribution in [0.1, 0.15) is 16.7 Å². The fourth-order valence-electron chi connectivity index (χ4n) is 2.65. The number of nitrogens with zero attached hydrogens (tertiary/aromatic N) is 1. The predicted molar refractivity (Wildman–Crippen MR) is 120 cm³/mol. The Kier molecular flexibility index (Phi) is 9.77. The van der Waals surface area contributed by atoms with Gasteiger partial charge in [-0.15, -0.1) is 24.0 Å². The first-order chi connectivity index (χ1) is 12.6. The SMILES string of the molecule is CN=C(NCCc1cc(C)ccc1OC)NCc1cc(OC)ccc1O.I. The standard InChI is InChI=1S/C20H27N3O3.HI/c1-14-5-8-19(26-4)15(11-14)9-10-22-20(21-2)23-13-16-12-17(25-3)6-7-18(16)24;/h5-8,11-12,24H,9-10,13H2,1-4H3,(H2,21,22,23);1H. The number of guanidine groups is 1. The molecule has 0 amide bonds. The Balaban J connectivity index is 0.00000364. The Bertz CT molecular complexity index is 766. The third-order valence-corrected chi connectivity index (χ3v) is 4.08. The third kappa shape index (κ3) is 6.82. The fraction of sp³-hybridized carbons (Fsp3) is 0.350. The van der Waals surface area contributed by atoms with Gasteiger partial charge in [-0.05, 0) is 43.2 Å². The topological polar surface area (TPSA) is 75.1 Å². The van der Waals surface area contributed by atoms with Gasteiger partial charge >= 0.3 is 0 Å². The molecule has 6 nitrogen and oxygen atoms in total. The molecule has 2 aromatic carbocycles. The van der Waals surface area contributed by atoms with Crippen molar-refractivity contribution in [3.63, 3.8) is 0 Å². The molecule has 0 atom stereocenters. The van der Waals surface area contributed by atoms with Crippen molar-refractivity contribution < 1.29 is 14.6 Å². The van der Waals surface area contributed by atoms with E-state index >= 15 is 0 Å². The van der Waals surface area contributed by atoms with Gasteiger partial charge in [0, 0.05) is 25.7 Å². The van der Waals surface area contributed by atoms with Gasteiger partial charge in [-0.3, -0.25) is 4.99 Å². The van der Waals surface area contributed by atoms with E-state index in [4.69, 9.17) is 9.47 Å². The van der Waals surface area contributed by atoms with E-state index < -0.39 is 0 Å². The molecule has 0 radical (unpaired) electrons. The number of aromatic hydroxyl groups is 1. The lowest BCUT2D eigenvalue weighted by Crippen LogP contribution is -2.37. The molecule has 0 saturated carbocycles. The maximum absolute atomic E-state index is 9.95. The van der Waals surface area contributed by atoms with Gasteiger partial charge in [-0.2, -0.15) is 0 Å². The zero-order valence-electron chi connectivity index (χ0n) is 16.2. The van der Waals surface area contributed by atoms with Crippen LogP contribution in [0.15, 0.2) is 41.4 Å². The van der Waals surface area contributed by atoms with Crippen LogP contribution in [-0.2, 0) is 13.0 Å². The molecular weight excluding hydrogens is 457 g/mol. The summed E-state index contributed by atoms with van der Waals surface area (Å²) < 4.78 is 10.6. The molecule has 0 aromatic heterocycles. The number of aryl methyl sites for hydroxylation is 1. The van der Waals surface area contributed by atoms with Crippen molar-refractivity contribution in [3.05, 3.63) is 53.1 Å². The summed E-state index contributed by atoms with van der Waals surface area (Å²) in [5, 5.41) is 16.4. The second-order valence-corrected chi connectivity index (χ2v) is 5.91. The molecule has 2 aromatic rings. The van der Waals surface area contributed by atoms with Gasteiger partial charge in [-0.25, -0.2) is 0 Å². The lowest BCUT2D eigenvalue weighted by atomic mass is 10.1. The minimum absolute atomic E-state index is 0. The molecule has 27 heavy (non-hydrogen) atoms. The van der Waals surface area contributed by atoms with E-state index in [0.717, 1.165) is 23.3 Å². The Hall–Kier alpha value is -2.16. The predicted octanol–water partition coefficient (Wildman–Crippen LogP) is 3.24. The van der Waals surface area contributed by atoms with E-state index in [1.165, 1.54) is 5.56 Å². The minimum Gasteiger partial charge on any atom is -0.508 e. The Morgan fingerprint density at radius 2 is 1.81 bits per heavy atom. The molecule has 3 N–H and O–H groups in total. The van der Waals surface area contributed by atoms with Gasteiger partial charge < -0.3 is 25.2 Å². The molecule has 2 rings (SSSR count). The average molecular weight is 485 g/mol. The van der Waals surface area contributed by atoms with Crippen molar-refractivity contribution in [2.75, 3.05) is 27.8 Å². The Labute approximate surface area is 178 Å². The summed E-state index contributed by atoms with van der Waals surface area (Å²) in [6, 6.07) is 11.3. The Morgan fingerprint density at radius 1 is 1.04 bits per heavy atom. The van der Waals surface area contributed by atoms with E-state index in [1.807, 2.05) is 12.1 Å². The molecule has 0 spiro atoms. The second kappa shape index (κ2) is 11.5. The number of ether oxygens (including phenoxy) is 2. The van der Waals surface area contributed by atoms with Crippen LogP contribution < -0.4 is 20.1 Å². The summed E-state index contributed by atoms with van der Waals surface area (Å²) in [7, 11) is 5.00. The number of nitrogens with one attached hydrogen (secondary N) is 2. The fourth-order valence-corrected chi connectivity index (χ4v) is 2.65. The maximum atomic E-state index is 9.95. The average Bonchev–Trinajstić information content (AvgIpc) is 2.65. The third-order valence-electron chi connectivity index (χ3n) is 4.08. The van der Waals surface area contributed by atoms with Gasteiger partial charge in [-0.1, -0.05) is 17.7 Å².